The van der Waals surface area contributed by atoms with E-state index in [2.05, 4.69) is 0 Å². The molecule has 7 nitrogen and oxygen atoms in total. The Kier molecular flexibility index (Phi) is 5.16. The molecule has 110 valence electrons. The van der Waals surface area contributed by atoms with E-state index in [0.29, 0.717) is 19.4 Å². The first-order valence-corrected chi connectivity index (χ1v) is 8.03. The molecule has 0 aromatic rings. The summed E-state index contributed by atoms with van der Waals surface area (Å²) >= 11 is 0. The zero-order chi connectivity index (χ0) is 14.6. The minimum atomic E-state index is -3.06. The summed E-state index contributed by atoms with van der Waals surface area (Å²) in [6, 6.07) is -0.781. The molecule has 1 atom stereocenters. The lowest BCUT2D eigenvalue weighted by atomic mass is 10.2. The quantitative estimate of drug-likeness (QED) is 0.771. The summed E-state index contributed by atoms with van der Waals surface area (Å²) in [6.07, 6.45) is 1.06. The molecule has 1 N–H and O–H groups in total. The highest BCUT2D eigenvalue weighted by Gasteiger charge is 2.34. The number of hydrogen-bond donors (Lipinski definition) is 1. The van der Waals surface area contributed by atoms with E-state index in [9.17, 15) is 18.0 Å². The van der Waals surface area contributed by atoms with E-state index in [-0.39, 0.29) is 24.1 Å². The number of rotatable bonds is 5. The fourth-order valence-corrected chi connectivity index (χ4v) is 3.91. The predicted molar refractivity (Wildman–Crippen MR) is 69.7 cm³/mol. The zero-order valence-corrected chi connectivity index (χ0v) is 12.0. The number of nitrogens with zero attached hydrogens (tertiary/aromatic N) is 2. The van der Waals surface area contributed by atoms with Gasteiger partial charge in [-0.25, -0.2) is 13.2 Å². The molecule has 19 heavy (non-hydrogen) atoms. The van der Waals surface area contributed by atoms with Crippen LogP contribution in [0.1, 0.15) is 19.8 Å². The van der Waals surface area contributed by atoms with Crippen LogP contribution in [0, 0.1) is 0 Å². The number of carbonyl (C=O) groups is 2. The topological polar surface area (TPSA) is 95.0 Å². The summed E-state index contributed by atoms with van der Waals surface area (Å²) in [4.78, 5) is 25.5. The Bertz CT molecular complexity index is 448. The van der Waals surface area contributed by atoms with Crippen LogP contribution >= 0.6 is 0 Å². The molecular weight excluding hydrogens is 272 g/mol. The molecule has 1 aliphatic heterocycles. The molecule has 1 unspecified atom stereocenters. The molecule has 0 aromatic heterocycles. The number of carbonyl (C=O) groups excluding carboxylic acids is 1. The molecule has 1 fully saturated rings. The lowest BCUT2D eigenvalue weighted by Crippen LogP contribution is -2.48. The van der Waals surface area contributed by atoms with Crippen molar-refractivity contribution in [2.24, 2.45) is 0 Å². The zero-order valence-electron chi connectivity index (χ0n) is 11.2. The molecular formula is C11H20N2O5S. The smallest absolute Gasteiger partial charge is 0.323 e. The summed E-state index contributed by atoms with van der Waals surface area (Å²) in [5.41, 5.74) is 0. The van der Waals surface area contributed by atoms with Crippen molar-refractivity contribution < 1.29 is 23.1 Å². The van der Waals surface area contributed by atoms with Crippen LogP contribution in [0.25, 0.3) is 0 Å². The molecule has 0 spiro atoms. The molecule has 0 aliphatic carbocycles. The monoisotopic (exact) mass is 292 g/mol. The van der Waals surface area contributed by atoms with E-state index < -0.39 is 21.8 Å². The second-order valence-electron chi connectivity index (χ2n) is 4.77. The van der Waals surface area contributed by atoms with Gasteiger partial charge in [0.15, 0.2) is 9.84 Å². The van der Waals surface area contributed by atoms with Crippen molar-refractivity contribution in [1.82, 2.24) is 9.80 Å². The fraction of sp³-hybridized carbons (Fsp3) is 0.818. The van der Waals surface area contributed by atoms with Gasteiger partial charge < -0.3 is 14.9 Å². The van der Waals surface area contributed by atoms with Gasteiger partial charge in [0, 0.05) is 19.6 Å². The highest BCUT2D eigenvalue weighted by molar-refractivity contribution is 7.91. The molecule has 1 saturated heterocycles. The Balaban J connectivity index is 2.70. The van der Waals surface area contributed by atoms with Crippen molar-refractivity contribution in [2.75, 3.05) is 31.6 Å². The SMILES string of the molecule is CCCN(CC(=O)O)C(=O)N(C)C1CCS(=O)(=O)C1. The Hall–Kier alpha value is -1.31. The third-order valence-electron chi connectivity index (χ3n) is 3.15. The maximum Gasteiger partial charge on any atom is 0.323 e. The maximum absolute atomic E-state index is 12.2. The summed E-state index contributed by atoms with van der Waals surface area (Å²) in [6.45, 7) is 1.83. The van der Waals surface area contributed by atoms with Crippen LogP contribution in [0.5, 0.6) is 0 Å². The summed E-state index contributed by atoms with van der Waals surface area (Å²) in [5.74, 6) is -1.03. The Labute approximate surface area is 113 Å². The van der Waals surface area contributed by atoms with E-state index >= 15 is 0 Å². The van der Waals surface area contributed by atoms with Gasteiger partial charge in [0.25, 0.3) is 0 Å². The van der Waals surface area contributed by atoms with E-state index in [0.717, 1.165) is 0 Å². The van der Waals surface area contributed by atoms with Gasteiger partial charge in [-0.2, -0.15) is 0 Å². The largest absolute Gasteiger partial charge is 0.480 e. The summed E-state index contributed by atoms with van der Waals surface area (Å²) in [5, 5.41) is 8.78. The molecule has 8 heteroatoms. The lowest BCUT2D eigenvalue weighted by molar-refractivity contribution is -0.137. The maximum atomic E-state index is 12.2. The molecule has 1 aliphatic rings. The molecule has 1 heterocycles. The van der Waals surface area contributed by atoms with Crippen LogP contribution in [0.2, 0.25) is 0 Å². The van der Waals surface area contributed by atoms with Crippen LogP contribution in [0.15, 0.2) is 0 Å². The van der Waals surface area contributed by atoms with E-state index in [1.54, 1.807) is 0 Å². The number of urea groups is 1. The van der Waals surface area contributed by atoms with Crippen molar-refractivity contribution in [3.63, 3.8) is 0 Å². The third-order valence-corrected chi connectivity index (χ3v) is 4.90. The normalized spacial score (nSPS) is 21.1. The fourth-order valence-electron chi connectivity index (χ4n) is 2.14. The van der Waals surface area contributed by atoms with Crippen LogP contribution in [0.3, 0.4) is 0 Å². The summed E-state index contributed by atoms with van der Waals surface area (Å²) < 4.78 is 22.8. The van der Waals surface area contributed by atoms with Crippen LogP contribution in [-0.2, 0) is 14.6 Å². The van der Waals surface area contributed by atoms with E-state index in [1.165, 1.54) is 16.8 Å². The molecule has 0 saturated carbocycles. The highest BCUT2D eigenvalue weighted by atomic mass is 32.2. The highest BCUT2D eigenvalue weighted by Crippen LogP contribution is 2.17. The van der Waals surface area contributed by atoms with Crippen LogP contribution in [0.4, 0.5) is 4.79 Å². The first-order valence-electron chi connectivity index (χ1n) is 6.20. The van der Waals surface area contributed by atoms with Gasteiger partial charge >= 0.3 is 12.0 Å². The minimum absolute atomic E-state index is 0.0394. The summed E-state index contributed by atoms with van der Waals surface area (Å²) in [7, 11) is -1.54. The minimum Gasteiger partial charge on any atom is -0.480 e. The third kappa shape index (κ3) is 4.38. The van der Waals surface area contributed by atoms with Crippen molar-refractivity contribution >= 4 is 21.8 Å². The number of carboxylic acid groups (broad SMARTS) is 1. The Morgan fingerprint density at radius 2 is 2.00 bits per heavy atom. The van der Waals surface area contributed by atoms with Crippen molar-refractivity contribution in [1.29, 1.82) is 0 Å². The van der Waals surface area contributed by atoms with Gasteiger partial charge in [-0.15, -0.1) is 0 Å². The lowest BCUT2D eigenvalue weighted by Gasteiger charge is -2.30. The van der Waals surface area contributed by atoms with E-state index in [1.807, 2.05) is 6.92 Å². The van der Waals surface area contributed by atoms with Crippen molar-refractivity contribution in [3.8, 4) is 0 Å². The molecule has 0 aromatic carbocycles. The number of carboxylic acids is 1. The first-order chi connectivity index (χ1) is 8.76. The van der Waals surface area contributed by atoms with E-state index in [4.69, 9.17) is 5.11 Å². The van der Waals surface area contributed by atoms with Gasteiger partial charge in [-0.05, 0) is 12.8 Å². The molecule has 2 amide bonds. The van der Waals surface area contributed by atoms with Gasteiger partial charge in [0.05, 0.1) is 11.5 Å². The first kappa shape index (κ1) is 15.7. The molecule has 0 radical (unpaired) electrons. The Morgan fingerprint density at radius 3 is 2.42 bits per heavy atom. The Morgan fingerprint density at radius 1 is 1.37 bits per heavy atom. The average molecular weight is 292 g/mol. The number of amides is 2. The molecule has 1 rings (SSSR count). The number of sulfone groups is 1. The molecule has 0 bridgehead atoms. The number of aliphatic carboxylic acids is 1. The predicted octanol–water partition coefficient (Wildman–Crippen LogP) is 0.0219. The van der Waals surface area contributed by atoms with Gasteiger partial charge in [0.1, 0.15) is 6.54 Å². The standard InChI is InChI=1S/C11H20N2O5S/c1-3-5-13(7-10(14)15)11(16)12(2)9-4-6-19(17,18)8-9/h9H,3-8H2,1-2H3,(H,14,15). The number of hydrogen-bond acceptors (Lipinski definition) is 4. The average Bonchev–Trinajstić information content (AvgIpc) is 2.66. The van der Waals surface area contributed by atoms with Gasteiger partial charge in [-0.3, -0.25) is 4.79 Å². The van der Waals surface area contributed by atoms with Gasteiger partial charge in [-0.1, -0.05) is 6.92 Å². The van der Waals surface area contributed by atoms with Crippen molar-refractivity contribution in [3.05, 3.63) is 0 Å². The van der Waals surface area contributed by atoms with Crippen LogP contribution in [-0.4, -0.2) is 73.0 Å². The van der Waals surface area contributed by atoms with Crippen LogP contribution < -0.4 is 0 Å². The van der Waals surface area contributed by atoms with Gasteiger partial charge in [0.2, 0.25) is 0 Å². The van der Waals surface area contributed by atoms with Crippen molar-refractivity contribution in [2.45, 2.75) is 25.8 Å². The second-order valence-corrected chi connectivity index (χ2v) is 6.99. The second kappa shape index (κ2) is 6.23.